The van der Waals surface area contributed by atoms with E-state index < -0.39 is 0 Å². The Hall–Kier alpha value is -3.19. The van der Waals surface area contributed by atoms with Gasteiger partial charge >= 0.3 is 0 Å². The molecule has 0 aliphatic carbocycles. The number of aryl methyl sites for hydroxylation is 3. The lowest BCUT2D eigenvalue weighted by atomic mass is 10.1. The predicted octanol–water partition coefficient (Wildman–Crippen LogP) is 3.02. The Morgan fingerprint density at radius 3 is 2.69 bits per heavy atom. The molecule has 1 aromatic carbocycles. The van der Waals surface area contributed by atoms with Gasteiger partial charge in [0.05, 0.1) is 24.5 Å². The molecule has 7 nitrogen and oxygen atoms in total. The monoisotopic (exact) mass is 393 g/mol. The van der Waals surface area contributed by atoms with Crippen LogP contribution < -0.4 is 11.1 Å². The summed E-state index contributed by atoms with van der Waals surface area (Å²) >= 11 is 0. The second-order valence-electron chi connectivity index (χ2n) is 7.31. The smallest absolute Gasteiger partial charge is 0.255 e. The highest BCUT2D eigenvalue weighted by atomic mass is 16.5. The quantitative estimate of drug-likeness (QED) is 0.643. The van der Waals surface area contributed by atoms with Gasteiger partial charge in [-0.2, -0.15) is 5.10 Å². The number of anilines is 1. The predicted molar refractivity (Wildman–Crippen MR) is 113 cm³/mol. The van der Waals surface area contributed by atoms with Crippen molar-refractivity contribution in [1.29, 1.82) is 0 Å². The minimum absolute atomic E-state index is 0.142. The van der Waals surface area contributed by atoms with Crippen molar-refractivity contribution >= 4 is 11.7 Å². The number of carbonyl (C=O) groups excluding carboxylic acids is 1. The Balaban J connectivity index is 1.57. The molecule has 3 aromatic rings. The molecule has 1 unspecified atom stereocenters. The molecule has 2 aromatic heterocycles. The van der Waals surface area contributed by atoms with E-state index in [-0.39, 0.29) is 17.8 Å². The van der Waals surface area contributed by atoms with E-state index in [0.29, 0.717) is 18.7 Å². The van der Waals surface area contributed by atoms with E-state index in [1.165, 1.54) is 11.1 Å². The van der Waals surface area contributed by atoms with Gasteiger partial charge in [-0.1, -0.05) is 18.2 Å². The topological polar surface area (TPSA) is 95.1 Å². The van der Waals surface area contributed by atoms with Crippen LogP contribution in [-0.2, 0) is 18.4 Å². The molecule has 0 aliphatic rings. The van der Waals surface area contributed by atoms with Crippen LogP contribution >= 0.6 is 0 Å². The van der Waals surface area contributed by atoms with Gasteiger partial charge in [0.2, 0.25) is 0 Å². The number of nitrogens with one attached hydrogen (secondary N) is 1. The molecule has 0 saturated carbocycles. The highest BCUT2D eigenvalue weighted by molar-refractivity contribution is 5.99. The molecule has 0 aliphatic heterocycles. The van der Waals surface area contributed by atoms with Gasteiger partial charge in [-0.25, -0.2) is 4.98 Å². The molecule has 3 rings (SSSR count). The van der Waals surface area contributed by atoms with Gasteiger partial charge in [-0.15, -0.1) is 0 Å². The van der Waals surface area contributed by atoms with Crippen LogP contribution in [0.1, 0.15) is 34.0 Å². The number of nitrogens with zero attached hydrogens (tertiary/aromatic N) is 3. The minimum atomic E-state index is -0.276. The minimum Gasteiger partial charge on any atom is -0.383 e. The molecule has 1 amide bonds. The second kappa shape index (κ2) is 8.87. The molecule has 152 valence electrons. The van der Waals surface area contributed by atoms with Crippen LogP contribution in [0.15, 0.2) is 42.9 Å². The first-order valence-electron chi connectivity index (χ1n) is 9.54. The van der Waals surface area contributed by atoms with Crippen molar-refractivity contribution in [2.24, 2.45) is 7.05 Å². The van der Waals surface area contributed by atoms with E-state index in [9.17, 15) is 4.79 Å². The summed E-state index contributed by atoms with van der Waals surface area (Å²) in [6, 6.07) is 8.00. The fourth-order valence-electron chi connectivity index (χ4n) is 2.91. The molecule has 7 heteroatoms. The molecule has 0 bridgehead atoms. The van der Waals surface area contributed by atoms with E-state index in [0.717, 1.165) is 16.7 Å². The maximum Gasteiger partial charge on any atom is 0.255 e. The Morgan fingerprint density at radius 1 is 1.21 bits per heavy atom. The van der Waals surface area contributed by atoms with Crippen molar-refractivity contribution in [2.75, 3.05) is 12.3 Å². The zero-order valence-electron chi connectivity index (χ0n) is 17.3. The number of rotatable bonds is 7. The summed E-state index contributed by atoms with van der Waals surface area (Å²) in [5.41, 5.74) is 11.5. The molecule has 0 spiro atoms. The third-order valence-electron chi connectivity index (χ3n) is 4.86. The average molecular weight is 393 g/mol. The van der Waals surface area contributed by atoms with E-state index >= 15 is 0 Å². The van der Waals surface area contributed by atoms with Gasteiger partial charge in [0.25, 0.3) is 5.91 Å². The van der Waals surface area contributed by atoms with Crippen molar-refractivity contribution in [1.82, 2.24) is 20.1 Å². The van der Waals surface area contributed by atoms with E-state index in [2.05, 4.69) is 47.4 Å². The lowest BCUT2D eigenvalue weighted by molar-refractivity contribution is 0.0509. The van der Waals surface area contributed by atoms with Gasteiger partial charge in [-0.3, -0.25) is 9.48 Å². The first-order valence-corrected chi connectivity index (χ1v) is 9.54. The van der Waals surface area contributed by atoms with Crippen molar-refractivity contribution in [3.05, 3.63) is 65.1 Å². The Labute approximate surface area is 170 Å². The Kier molecular flexibility index (Phi) is 6.29. The molecule has 2 heterocycles. The van der Waals surface area contributed by atoms with Gasteiger partial charge in [0.15, 0.2) is 0 Å². The molecule has 29 heavy (non-hydrogen) atoms. The lowest BCUT2D eigenvalue weighted by Crippen LogP contribution is -2.32. The molecule has 0 radical (unpaired) electrons. The molecule has 0 fully saturated rings. The first-order chi connectivity index (χ1) is 13.8. The fourth-order valence-corrected chi connectivity index (χ4v) is 2.91. The number of benzene rings is 1. The molecule has 3 N–H and O–H groups in total. The van der Waals surface area contributed by atoms with Crippen LogP contribution in [-0.4, -0.2) is 33.3 Å². The van der Waals surface area contributed by atoms with E-state index in [1.54, 1.807) is 23.1 Å². The number of amides is 1. The maximum atomic E-state index is 12.6. The maximum absolute atomic E-state index is 12.6. The summed E-state index contributed by atoms with van der Waals surface area (Å²) in [7, 11) is 1.83. The van der Waals surface area contributed by atoms with Crippen molar-refractivity contribution in [3.8, 4) is 11.1 Å². The number of ether oxygens (including phenoxy) is 1. The van der Waals surface area contributed by atoms with Crippen LogP contribution in [0.2, 0.25) is 0 Å². The van der Waals surface area contributed by atoms with Gasteiger partial charge in [-0.05, 0) is 43.5 Å². The summed E-state index contributed by atoms with van der Waals surface area (Å²) in [5.74, 6) is -0.0822. The largest absolute Gasteiger partial charge is 0.383 e. The molecular weight excluding hydrogens is 366 g/mol. The highest BCUT2D eigenvalue weighted by Gasteiger charge is 2.14. The van der Waals surface area contributed by atoms with Crippen LogP contribution in [0.25, 0.3) is 11.1 Å². The normalized spacial score (nSPS) is 12.0. The molecule has 0 saturated heterocycles. The second-order valence-corrected chi connectivity index (χ2v) is 7.31. The average Bonchev–Trinajstić information content (AvgIpc) is 3.13. The van der Waals surface area contributed by atoms with Crippen LogP contribution in [0.3, 0.4) is 0 Å². The third-order valence-corrected chi connectivity index (χ3v) is 4.86. The van der Waals surface area contributed by atoms with E-state index in [1.807, 2.05) is 20.2 Å². The number of nitrogens with two attached hydrogens (primary N) is 1. The zero-order chi connectivity index (χ0) is 21.0. The number of hydrogen-bond acceptors (Lipinski definition) is 5. The summed E-state index contributed by atoms with van der Waals surface area (Å²) in [5, 5.41) is 7.02. The highest BCUT2D eigenvalue weighted by Crippen LogP contribution is 2.21. The zero-order valence-corrected chi connectivity index (χ0v) is 17.3. The number of pyridine rings is 1. The van der Waals surface area contributed by atoms with Gasteiger partial charge < -0.3 is 15.8 Å². The van der Waals surface area contributed by atoms with Crippen molar-refractivity contribution in [2.45, 2.75) is 33.5 Å². The van der Waals surface area contributed by atoms with Gasteiger partial charge in [0, 0.05) is 37.1 Å². The summed E-state index contributed by atoms with van der Waals surface area (Å²) in [4.78, 5) is 16.8. The third kappa shape index (κ3) is 5.20. The Morgan fingerprint density at radius 2 is 2.00 bits per heavy atom. The molecule has 1 atom stereocenters. The summed E-state index contributed by atoms with van der Waals surface area (Å²) in [6.07, 6.45) is 5.07. The summed E-state index contributed by atoms with van der Waals surface area (Å²) in [6.45, 7) is 6.97. The summed E-state index contributed by atoms with van der Waals surface area (Å²) < 4.78 is 7.56. The van der Waals surface area contributed by atoms with Crippen LogP contribution in [0.4, 0.5) is 5.82 Å². The number of hydrogen-bond donors (Lipinski definition) is 2. The number of aromatic nitrogens is 3. The van der Waals surface area contributed by atoms with Gasteiger partial charge in [0.1, 0.15) is 5.82 Å². The Bertz CT molecular complexity index is 1010. The van der Waals surface area contributed by atoms with E-state index in [4.69, 9.17) is 10.5 Å². The van der Waals surface area contributed by atoms with Crippen LogP contribution in [0.5, 0.6) is 0 Å². The lowest BCUT2D eigenvalue weighted by Gasteiger charge is -2.15. The fraction of sp³-hybridized carbons (Fsp3) is 0.318. The standard InChI is InChI=1S/C22H27N5O2/c1-14-5-6-17(7-15(14)2)13-29-16(3)9-25-22(28)20-8-18(10-24-21(20)23)19-11-26-27(4)12-19/h5-8,10-12,16H,9,13H2,1-4H3,(H2,23,24)(H,25,28). The molecular formula is C22H27N5O2. The van der Waals surface area contributed by atoms with Crippen LogP contribution in [0, 0.1) is 13.8 Å². The first kappa shape index (κ1) is 20.5. The SMILES string of the molecule is Cc1ccc(COC(C)CNC(=O)c2cc(-c3cnn(C)c3)cnc2N)cc1C. The number of carbonyl (C=O) groups is 1. The van der Waals surface area contributed by atoms with Crippen molar-refractivity contribution < 1.29 is 9.53 Å². The van der Waals surface area contributed by atoms with Crippen molar-refractivity contribution in [3.63, 3.8) is 0 Å². The number of nitrogen functional groups attached to an aromatic ring is 1.